The molecule has 4 nitrogen and oxygen atoms in total. The summed E-state index contributed by atoms with van der Waals surface area (Å²) in [6.07, 6.45) is 0.851. The number of carbonyl (C=O) groups is 1. The van der Waals surface area contributed by atoms with Gasteiger partial charge in [-0.05, 0) is 24.7 Å². The molecule has 1 aliphatic rings. The van der Waals surface area contributed by atoms with E-state index in [1.54, 1.807) is 11.0 Å². The van der Waals surface area contributed by atoms with Gasteiger partial charge in [0.25, 0.3) is 0 Å². The van der Waals surface area contributed by atoms with Gasteiger partial charge < -0.3 is 15.1 Å². The average molecular weight is 251 g/mol. The molecule has 2 rings (SSSR count). The van der Waals surface area contributed by atoms with Crippen molar-refractivity contribution in [3.8, 4) is 0 Å². The Balaban J connectivity index is 2.07. The molecular weight excluding hydrogens is 233 g/mol. The highest BCUT2D eigenvalue weighted by atomic mass is 19.1. The molecule has 1 amide bonds. The van der Waals surface area contributed by atoms with E-state index in [2.05, 4.69) is 5.32 Å². The van der Waals surface area contributed by atoms with E-state index in [9.17, 15) is 9.18 Å². The number of anilines is 1. The van der Waals surface area contributed by atoms with Crippen molar-refractivity contribution >= 4 is 12.1 Å². The van der Waals surface area contributed by atoms with Crippen LogP contribution in [0, 0.1) is 5.82 Å². The summed E-state index contributed by atoms with van der Waals surface area (Å²) in [6, 6.07) is 5.32. The zero-order chi connectivity index (χ0) is 13.0. The van der Waals surface area contributed by atoms with Crippen LogP contribution in [0.2, 0.25) is 0 Å². The molecule has 1 N–H and O–H groups in total. The van der Waals surface area contributed by atoms with E-state index in [4.69, 9.17) is 0 Å². The van der Waals surface area contributed by atoms with Crippen LogP contribution in [0.25, 0.3) is 0 Å². The first-order valence-electron chi connectivity index (χ1n) is 6.12. The van der Waals surface area contributed by atoms with Gasteiger partial charge in [-0.15, -0.1) is 0 Å². The van der Waals surface area contributed by atoms with Gasteiger partial charge in [-0.2, -0.15) is 0 Å². The first-order valence-corrected chi connectivity index (χ1v) is 6.12. The molecule has 1 aliphatic heterocycles. The van der Waals surface area contributed by atoms with E-state index in [1.807, 2.05) is 24.1 Å². The molecule has 1 saturated heterocycles. The van der Waals surface area contributed by atoms with Crippen molar-refractivity contribution < 1.29 is 9.18 Å². The molecule has 0 saturated carbocycles. The number of carbonyl (C=O) groups excluding carboxylic acids is 1. The second-order valence-corrected chi connectivity index (χ2v) is 4.44. The Labute approximate surface area is 106 Å². The number of hydrogen-bond acceptors (Lipinski definition) is 3. The molecule has 1 heterocycles. The summed E-state index contributed by atoms with van der Waals surface area (Å²) in [5.41, 5.74) is 1.56. The lowest BCUT2D eigenvalue weighted by Gasteiger charge is -2.34. The maximum absolute atomic E-state index is 14.0. The van der Waals surface area contributed by atoms with Crippen molar-refractivity contribution in [1.82, 2.24) is 10.2 Å². The quantitative estimate of drug-likeness (QED) is 0.805. The van der Waals surface area contributed by atoms with Crippen molar-refractivity contribution in [3.63, 3.8) is 0 Å². The third-order valence-corrected chi connectivity index (χ3v) is 3.20. The molecular formula is C13H18FN3O. The minimum atomic E-state index is -0.192. The Kier molecular flexibility index (Phi) is 4.15. The maximum Gasteiger partial charge on any atom is 0.209 e. The van der Waals surface area contributed by atoms with Crippen LogP contribution in [0.3, 0.4) is 0 Å². The van der Waals surface area contributed by atoms with Gasteiger partial charge in [0.2, 0.25) is 6.41 Å². The van der Waals surface area contributed by atoms with Crippen LogP contribution in [0.1, 0.15) is 5.56 Å². The standard InChI is InChI=1S/C13H18FN3O/c1-15-9-11-2-3-13(12(14)8-11)17-6-4-16(10-18)5-7-17/h2-3,8,10,15H,4-7,9H2,1H3. The summed E-state index contributed by atoms with van der Waals surface area (Å²) in [7, 11) is 1.84. The molecule has 0 aromatic heterocycles. The van der Waals surface area contributed by atoms with Crippen LogP contribution in [0.5, 0.6) is 0 Å². The molecule has 0 bridgehead atoms. The van der Waals surface area contributed by atoms with Gasteiger partial charge in [0.05, 0.1) is 5.69 Å². The number of piperazine rings is 1. The van der Waals surface area contributed by atoms with Crippen LogP contribution in [-0.2, 0) is 11.3 Å². The van der Waals surface area contributed by atoms with Crippen LogP contribution in [0.4, 0.5) is 10.1 Å². The molecule has 5 heteroatoms. The number of hydrogen-bond donors (Lipinski definition) is 1. The fraction of sp³-hybridized carbons (Fsp3) is 0.462. The van der Waals surface area contributed by atoms with E-state index in [0.29, 0.717) is 38.4 Å². The summed E-state index contributed by atoms with van der Waals surface area (Å²) in [6.45, 7) is 3.33. The molecule has 0 atom stereocenters. The third-order valence-electron chi connectivity index (χ3n) is 3.20. The molecule has 18 heavy (non-hydrogen) atoms. The molecule has 98 valence electrons. The second-order valence-electron chi connectivity index (χ2n) is 4.44. The number of halogens is 1. The predicted octanol–water partition coefficient (Wildman–Crippen LogP) is 0.823. The lowest BCUT2D eigenvalue weighted by Crippen LogP contribution is -2.46. The van der Waals surface area contributed by atoms with Gasteiger partial charge >= 0.3 is 0 Å². The lowest BCUT2D eigenvalue weighted by molar-refractivity contribution is -0.118. The Morgan fingerprint density at radius 2 is 2.06 bits per heavy atom. The Morgan fingerprint density at radius 3 is 2.61 bits per heavy atom. The Morgan fingerprint density at radius 1 is 1.33 bits per heavy atom. The van der Waals surface area contributed by atoms with Crippen LogP contribution in [-0.4, -0.2) is 44.5 Å². The normalized spacial score (nSPS) is 15.9. The minimum Gasteiger partial charge on any atom is -0.366 e. The summed E-state index contributed by atoms with van der Waals surface area (Å²) >= 11 is 0. The first kappa shape index (κ1) is 12.8. The fourth-order valence-electron chi connectivity index (χ4n) is 2.19. The van der Waals surface area contributed by atoms with Gasteiger partial charge in [0, 0.05) is 32.7 Å². The minimum absolute atomic E-state index is 0.192. The van der Waals surface area contributed by atoms with Gasteiger partial charge in [0.15, 0.2) is 0 Å². The topological polar surface area (TPSA) is 35.6 Å². The van der Waals surface area contributed by atoms with Crippen LogP contribution < -0.4 is 10.2 Å². The number of benzene rings is 1. The van der Waals surface area contributed by atoms with Gasteiger partial charge in [0.1, 0.15) is 5.82 Å². The monoisotopic (exact) mass is 251 g/mol. The zero-order valence-electron chi connectivity index (χ0n) is 10.5. The van der Waals surface area contributed by atoms with Crippen LogP contribution in [0.15, 0.2) is 18.2 Å². The molecule has 1 fully saturated rings. The maximum atomic E-state index is 14.0. The molecule has 1 aromatic rings. The van der Waals surface area contributed by atoms with E-state index >= 15 is 0 Å². The number of rotatable bonds is 4. The van der Waals surface area contributed by atoms with Gasteiger partial charge in [-0.3, -0.25) is 4.79 Å². The van der Waals surface area contributed by atoms with Crippen molar-refractivity contribution in [3.05, 3.63) is 29.6 Å². The predicted molar refractivity (Wildman–Crippen MR) is 69.0 cm³/mol. The highest BCUT2D eigenvalue weighted by Gasteiger charge is 2.18. The van der Waals surface area contributed by atoms with E-state index in [0.717, 1.165) is 12.0 Å². The summed E-state index contributed by atoms with van der Waals surface area (Å²) in [5.74, 6) is -0.192. The molecule has 0 spiro atoms. The SMILES string of the molecule is CNCc1ccc(N2CCN(C=O)CC2)c(F)c1. The summed E-state index contributed by atoms with van der Waals surface area (Å²) in [5, 5.41) is 3.00. The van der Waals surface area contributed by atoms with Crippen molar-refractivity contribution in [2.45, 2.75) is 6.54 Å². The Hall–Kier alpha value is -1.62. The molecule has 0 aliphatic carbocycles. The molecule has 0 unspecified atom stereocenters. The molecule has 1 aromatic carbocycles. The number of nitrogens with zero attached hydrogens (tertiary/aromatic N) is 2. The average Bonchev–Trinajstić information content (AvgIpc) is 2.40. The van der Waals surface area contributed by atoms with Crippen LogP contribution >= 0.6 is 0 Å². The van der Waals surface area contributed by atoms with E-state index in [1.165, 1.54) is 0 Å². The number of amides is 1. The smallest absolute Gasteiger partial charge is 0.209 e. The number of nitrogens with one attached hydrogen (secondary N) is 1. The highest BCUT2D eigenvalue weighted by molar-refractivity contribution is 5.52. The molecule has 0 radical (unpaired) electrons. The van der Waals surface area contributed by atoms with Crippen molar-refractivity contribution in [1.29, 1.82) is 0 Å². The van der Waals surface area contributed by atoms with E-state index < -0.39 is 0 Å². The fourth-order valence-corrected chi connectivity index (χ4v) is 2.19. The summed E-state index contributed by atoms with van der Waals surface area (Å²) in [4.78, 5) is 14.3. The Bertz CT molecular complexity index is 417. The third kappa shape index (κ3) is 2.79. The van der Waals surface area contributed by atoms with E-state index in [-0.39, 0.29) is 5.82 Å². The second kappa shape index (κ2) is 5.82. The summed E-state index contributed by atoms with van der Waals surface area (Å²) < 4.78 is 14.0. The zero-order valence-corrected chi connectivity index (χ0v) is 10.5. The van der Waals surface area contributed by atoms with Gasteiger partial charge in [-0.25, -0.2) is 4.39 Å². The largest absolute Gasteiger partial charge is 0.366 e. The van der Waals surface area contributed by atoms with Crippen molar-refractivity contribution in [2.75, 3.05) is 38.1 Å². The van der Waals surface area contributed by atoms with Gasteiger partial charge in [-0.1, -0.05) is 6.07 Å². The first-order chi connectivity index (χ1) is 8.74. The highest BCUT2D eigenvalue weighted by Crippen LogP contribution is 2.21. The van der Waals surface area contributed by atoms with Crippen molar-refractivity contribution in [2.24, 2.45) is 0 Å². The lowest BCUT2D eigenvalue weighted by atomic mass is 10.1.